The Bertz CT molecular complexity index is 773. The van der Waals surface area contributed by atoms with Gasteiger partial charge in [0.1, 0.15) is 5.69 Å². The number of carboxylic acid groups (broad SMARTS) is 1. The number of fused-ring (bicyclic) bond motifs is 1. The van der Waals surface area contributed by atoms with E-state index in [1.165, 1.54) is 18.3 Å². The van der Waals surface area contributed by atoms with E-state index >= 15 is 0 Å². The summed E-state index contributed by atoms with van der Waals surface area (Å²) in [5, 5.41) is 8.86. The summed E-state index contributed by atoms with van der Waals surface area (Å²) in [6.07, 6.45) is 1.29. The number of hydrogen-bond acceptors (Lipinski definition) is 5. The van der Waals surface area contributed by atoms with E-state index in [1.807, 2.05) is 25.1 Å². The van der Waals surface area contributed by atoms with Crippen molar-refractivity contribution in [1.29, 1.82) is 0 Å². The van der Waals surface area contributed by atoms with E-state index in [2.05, 4.69) is 4.98 Å². The number of pyridine rings is 1. The molecule has 3 rings (SSSR count). The number of aromatic nitrogens is 1. The molecule has 2 aromatic rings. The third kappa shape index (κ3) is 3.15. The summed E-state index contributed by atoms with van der Waals surface area (Å²) in [6.45, 7) is 3.00. The fraction of sp³-hybridized carbons (Fsp3) is 0.235. The van der Waals surface area contributed by atoms with Crippen molar-refractivity contribution in [3.8, 4) is 11.5 Å². The van der Waals surface area contributed by atoms with Crippen molar-refractivity contribution in [3.63, 3.8) is 0 Å². The second kappa shape index (κ2) is 6.57. The molecule has 0 radical (unpaired) electrons. The lowest BCUT2D eigenvalue weighted by Gasteiger charge is -2.21. The van der Waals surface area contributed by atoms with Gasteiger partial charge in [0.25, 0.3) is 5.91 Å². The van der Waals surface area contributed by atoms with Crippen molar-refractivity contribution >= 4 is 11.9 Å². The van der Waals surface area contributed by atoms with Crippen LogP contribution in [0.1, 0.15) is 33.3 Å². The van der Waals surface area contributed by atoms with Gasteiger partial charge in [-0.3, -0.25) is 4.79 Å². The number of carboxylic acids is 1. The molecule has 0 saturated heterocycles. The van der Waals surface area contributed by atoms with Gasteiger partial charge in [0.15, 0.2) is 11.5 Å². The number of benzene rings is 1. The molecule has 1 N–H and O–H groups in total. The van der Waals surface area contributed by atoms with E-state index in [4.69, 9.17) is 14.6 Å². The first-order chi connectivity index (χ1) is 11.6. The molecule has 0 unspecified atom stereocenters. The van der Waals surface area contributed by atoms with Gasteiger partial charge in [-0.05, 0) is 36.8 Å². The SMILES string of the molecule is CCN(Cc1ccc2c(c1)OCO2)C(=O)c1ccc(C(=O)O)nc1. The number of rotatable bonds is 5. The van der Waals surface area contributed by atoms with Gasteiger partial charge in [-0.2, -0.15) is 0 Å². The second-order valence-electron chi connectivity index (χ2n) is 5.24. The van der Waals surface area contributed by atoms with Gasteiger partial charge >= 0.3 is 5.97 Å². The quantitative estimate of drug-likeness (QED) is 0.905. The molecule has 0 saturated carbocycles. The van der Waals surface area contributed by atoms with Gasteiger partial charge in [0.05, 0.1) is 5.56 Å². The lowest BCUT2D eigenvalue weighted by molar-refractivity contribution is 0.0687. The van der Waals surface area contributed by atoms with E-state index in [9.17, 15) is 9.59 Å². The highest BCUT2D eigenvalue weighted by molar-refractivity contribution is 5.94. The molecule has 124 valence electrons. The van der Waals surface area contributed by atoms with Crippen molar-refractivity contribution in [2.24, 2.45) is 0 Å². The normalized spacial score (nSPS) is 12.0. The Morgan fingerprint density at radius 2 is 2.00 bits per heavy atom. The summed E-state index contributed by atoms with van der Waals surface area (Å²) in [6, 6.07) is 8.35. The van der Waals surface area contributed by atoms with Crippen LogP contribution in [0.4, 0.5) is 0 Å². The standard InChI is InChI=1S/C17H16N2O5/c1-2-19(9-11-3-6-14-15(7-11)24-10-23-14)16(20)12-4-5-13(17(21)22)18-8-12/h3-8H,2,9-10H2,1H3,(H,21,22). The largest absolute Gasteiger partial charge is 0.477 e. The Morgan fingerprint density at radius 1 is 1.21 bits per heavy atom. The number of nitrogens with zero attached hydrogens (tertiary/aromatic N) is 2. The molecule has 7 nitrogen and oxygen atoms in total. The van der Waals surface area contributed by atoms with Gasteiger partial charge in [0.2, 0.25) is 6.79 Å². The summed E-state index contributed by atoms with van der Waals surface area (Å²) in [7, 11) is 0. The summed E-state index contributed by atoms with van der Waals surface area (Å²) in [4.78, 5) is 28.8. The molecule has 0 aliphatic carbocycles. The average molecular weight is 328 g/mol. The molecule has 0 spiro atoms. The van der Waals surface area contributed by atoms with Gasteiger partial charge < -0.3 is 19.5 Å². The van der Waals surface area contributed by atoms with Gasteiger partial charge in [-0.25, -0.2) is 9.78 Å². The Morgan fingerprint density at radius 3 is 2.67 bits per heavy atom. The summed E-state index contributed by atoms with van der Waals surface area (Å²) in [5.41, 5.74) is 1.18. The smallest absolute Gasteiger partial charge is 0.354 e. The molecule has 0 atom stereocenters. The number of carbonyl (C=O) groups excluding carboxylic acids is 1. The maximum atomic E-state index is 12.6. The van der Waals surface area contributed by atoms with E-state index in [0.717, 1.165) is 5.56 Å². The fourth-order valence-electron chi connectivity index (χ4n) is 2.42. The first-order valence-corrected chi connectivity index (χ1v) is 7.45. The van der Waals surface area contributed by atoms with Gasteiger partial charge in [0, 0.05) is 19.3 Å². The van der Waals surface area contributed by atoms with Crippen LogP contribution in [-0.4, -0.2) is 40.2 Å². The number of aromatic carboxylic acids is 1. The zero-order valence-electron chi connectivity index (χ0n) is 13.1. The van der Waals surface area contributed by atoms with Crippen molar-refractivity contribution in [2.45, 2.75) is 13.5 Å². The van der Waals surface area contributed by atoms with Crippen LogP contribution in [0, 0.1) is 0 Å². The van der Waals surface area contributed by atoms with E-state index in [0.29, 0.717) is 30.2 Å². The summed E-state index contributed by atoms with van der Waals surface area (Å²) >= 11 is 0. The molecule has 1 amide bonds. The molecule has 0 bridgehead atoms. The van der Waals surface area contributed by atoms with Crippen molar-refractivity contribution in [2.75, 3.05) is 13.3 Å². The number of hydrogen-bond donors (Lipinski definition) is 1. The fourth-order valence-corrected chi connectivity index (χ4v) is 2.42. The average Bonchev–Trinajstić information content (AvgIpc) is 3.07. The Balaban J connectivity index is 1.75. The predicted molar refractivity (Wildman–Crippen MR) is 84.2 cm³/mol. The van der Waals surface area contributed by atoms with Crippen LogP contribution < -0.4 is 9.47 Å². The topological polar surface area (TPSA) is 89.0 Å². The first kappa shape index (κ1) is 15.8. The highest BCUT2D eigenvalue weighted by Gasteiger charge is 2.18. The second-order valence-corrected chi connectivity index (χ2v) is 5.24. The molecule has 7 heteroatoms. The molecule has 0 fully saturated rings. The third-order valence-electron chi connectivity index (χ3n) is 3.71. The lowest BCUT2D eigenvalue weighted by atomic mass is 10.1. The molecule has 24 heavy (non-hydrogen) atoms. The minimum atomic E-state index is -1.12. The Labute approximate surface area is 138 Å². The van der Waals surface area contributed by atoms with Crippen molar-refractivity contribution < 1.29 is 24.2 Å². The van der Waals surface area contributed by atoms with Crippen molar-refractivity contribution in [3.05, 3.63) is 53.3 Å². The molecular formula is C17H16N2O5. The monoisotopic (exact) mass is 328 g/mol. The van der Waals surface area contributed by atoms with E-state index < -0.39 is 5.97 Å². The van der Waals surface area contributed by atoms with Crippen molar-refractivity contribution in [1.82, 2.24) is 9.88 Å². The summed E-state index contributed by atoms with van der Waals surface area (Å²) in [5.74, 6) is 0.0337. The molecule has 2 heterocycles. The maximum Gasteiger partial charge on any atom is 0.354 e. The molecule has 1 aromatic carbocycles. The highest BCUT2D eigenvalue weighted by Crippen LogP contribution is 2.32. The molecule has 1 aliphatic rings. The Hall–Kier alpha value is -3.09. The molecule has 1 aromatic heterocycles. The van der Waals surface area contributed by atoms with E-state index in [1.54, 1.807) is 4.90 Å². The van der Waals surface area contributed by atoms with E-state index in [-0.39, 0.29) is 18.4 Å². The first-order valence-electron chi connectivity index (χ1n) is 7.45. The van der Waals surface area contributed by atoms with Crippen LogP contribution in [0.2, 0.25) is 0 Å². The minimum absolute atomic E-state index is 0.0923. The number of amides is 1. The lowest BCUT2D eigenvalue weighted by Crippen LogP contribution is -2.30. The molecule has 1 aliphatic heterocycles. The van der Waals surface area contributed by atoms with Crippen LogP contribution in [0.3, 0.4) is 0 Å². The third-order valence-corrected chi connectivity index (χ3v) is 3.71. The number of ether oxygens (including phenoxy) is 2. The summed E-state index contributed by atoms with van der Waals surface area (Å²) < 4.78 is 10.6. The number of carbonyl (C=O) groups is 2. The van der Waals surface area contributed by atoms with Crippen LogP contribution in [-0.2, 0) is 6.54 Å². The van der Waals surface area contributed by atoms with Crippen LogP contribution in [0.15, 0.2) is 36.5 Å². The Kier molecular flexibility index (Phi) is 4.33. The highest BCUT2D eigenvalue weighted by atomic mass is 16.7. The van der Waals surface area contributed by atoms with Crippen LogP contribution in [0.25, 0.3) is 0 Å². The zero-order valence-corrected chi connectivity index (χ0v) is 13.1. The minimum Gasteiger partial charge on any atom is -0.477 e. The van der Waals surface area contributed by atoms with Gasteiger partial charge in [-0.15, -0.1) is 0 Å². The molecular weight excluding hydrogens is 312 g/mol. The van der Waals surface area contributed by atoms with Gasteiger partial charge in [-0.1, -0.05) is 6.07 Å². The van der Waals surface area contributed by atoms with Crippen LogP contribution >= 0.6 is 0 Å². The van der Waals surface area contributed by atoms with Crippen LogP contribution in [0.5, 0.6) is 11.5 Å². The maximum absolute atomic E-state index is 12.6. The zero-order chi connectivity index (χ0) is 17.1. The predicted octanol–water partition coefficient (Wildman–Crippen LogP) is 2.17.